The van der Waals surface area contributed by atoms with Crippen LogP contribution in [0.2, 0.25) is 0 Å². The molecule has 1 aromatic rings. The van der Waals surface area contributed by atoms with Crippen molar-refractivity contribution in [1.82, 2.24) is 0 Å². The molecule has 0 fully saturated rings. The molecule has 4 heteroatoms. The Morgan fingerprint density at radius 1 is 1.19 bits per heavy atom. The lowest BCUT2D eigenvalue weighted by molar-refractivity contribution is -0.0539. The van der Waals surface area contributed by atoms with Crippen molar-refractivity contribution in [2.24, 2.45) is 0 Å². The van der Waals surface area contributed by atoms with Crippen LogP contribution in [0.15, 0.2) is 30.3 Å². The van der Waals surface area contributed by atoms with Gasteiger partial charge in [-0.2, -0.15) is 0 Å². The predicted molar refractivity (Wildman–Crippen MR) is 59.5 cm³/mol. The molecule has 0 saturated heterocycles. The fraction of sp³-hybridized carbons (Fsp3) is 0.417. The number of ether oxygens (including phenoxy) is 2. The van der Waals surface area contributed by atoms with Gasteiger partial charge in [0.05, 0.1) is 13.2 Å². The van der Waals surface area contributed by atoms with Crippen LogP contribution >= 0.6 is 0 Å². The summed E-state index contributed by atoms with van der Waals surface area (Å²) in [5.74, 6) is -0.392. The molecule has 0 heterocycles. The second kappa shape index (κ2) is 5.75. The Morgan fingerprint density at radius 3 is 2.12 bits per heavy atom. The number of methoxy groups -OCH3 is 2. The molecule has 0 unspecified atom stereocenters. The summed E-state index contributed by atoms with van der Waals surface area (Å²) in [5, 5.41) is 10.1. The first kappa shape index (κ1) is 12.8. The van der Waals surface area contributed by atoms with Gasteiger partial charge in [0.2, 0.25) is 0 Å². The molecule has 0 aliphatic heterocycles. The number of carbonyl (C=O) groups is 1. The predicted octanol–water partition coefficient (Wildman–Crippen LogP) is 0.893. The van der Waals surface area contributed by atoms with E-state index in [0.717, 1.165) is 0 Å². The fourth-order valence-corrected chi connectivity index (χ4v) is 1.51. The summed E-state index contributed by atoms with van der Waals surface area (Å²) in [7, 11) is 2.86. The van der Waals surface area contributed by atoms with Crippen LogP contribution in [0.5, 0.6) is 0 Å². The molecular weight excluding hydrogens is 208 g/mol. The first-order valence-electron chi connectivity index (χ1n) is 4.94. The zero-order valence-electron chi connectivity index (χ0n) is 9.47. The van der Waals surface area contributed by atoms with Crippen molar-refractivity contribution in [3.8, 4) is 0 Å². The lowest BCUT2D eigenvalue weighted by atomic mass is 9.94. The maximum absolute atomic E-state index is 12.0. The molecular formula is C12H16O4. The van der Waals surface area contributed by atoms with Crippen LogP contribution in [0, 0.1) is 0 Å². The van der Waals surface area contributed by atoms with Crippen molar-refractivity contribution >= 4 is 5.78 Å². The zero-order chi connectivity index (χ0) is 12.0. The van der Waals surface area contributed by atoms with Crippen LogP contribution < -0.4 is 0 Å². The van der Waals surface area contributed by atoms with E-state index in [1.165, 1.54) is 14.2 Å². The lowest BCUT2D eigenvalue weighted by Gasteiger charge is -2.24. The Morgan fingerprint density at radius 2 is 1.69 bits per heavy atom. The largest absolute Gasteiger partial charge is 0.381 e. The summed E-state index contributed by atoms with van der Waals surface area (Å²) in [6, 6.07) is 8.60. The van der Waals surface area contributed by atoms with Gasteiger partial charge < -0.3 is 14.6 Å². The van der Waals surface area contributed by atoms with Gasteiger partial charge in [-0.05, 0) is 0 Å². The second-order valence-electron chi connectivity index (χ2n) is 3.59. The van der Waals surface area contributed by atoms with Crippen molar-refractivity contribution in [3.05, 3.63) is 35.9 Å². The first-order valence-corrected chi connectivity index (χ1v) is 4.94. The third kappa shape index (κ3) is 2.88. The molecule has 1 rings (SSSR count). The van der Waals surface area contributed by atoms with Gasteiger partial charge in [0.25, 0.3) is 0 Å². The van der Waals surface area contributed by atoms with Crippen molar-refractivity contribution in [2.45, 2.75) is 5.60 Å². The van der Waals surface area contributed by atoms with E-state index in [1.807, 2.05) is 6.07 Å². The van der Waals surface area contributed by atoms with E-state index < -0.39 is 11.4 Å². The molecule has 0 atom stereocenters. The minimum Gasteiger partial charge on any atom is -0.381 e. The third-order valence-electron chi connectivity index (χ3n) is 2.22. The summed E-state index contributed by atoms with van der Waals surface area (Å²) < 4.78 is 9.70. The number of benzene rings is 1. The summed E-state index contributed by atoms with van der Waals surface area (Å²) >= 11 is 0. The third-order valence-corrected chi connectivity index (χ3v) is 2.22. The van der Waals surface area contributed by atoms with Gasteiger partial charge in [0, 0.05) is 19.8 Å². The minimum atomic E-state index is -1.62. The van der Waals surface area contributed by atoms with Gasteiger partial charge in [0.15, 0.2) is 11.4 Å². The Balaban J connectivity index is 2.91. The number of carbonyl (C=O) groups excluding carboxylic acids is 1. The van der Waals surface area contributed by atoms with Crippen LogP contribution in [0.1, 0.15) is 10.4 Å². The number of rotatable bonds is 6. The number of ketones is 1. The molecule has 1 N–H and O–H groups in total. The summed E-state index contributed by atoms with van der Waals surface area (Å²) in [4.78, 5) is 12.0. The maximum Gasteiger partial charge on any atom is 0.199 e. The topological polar surface area (TPSA) is 55.8 Å². The molecule has 0 aliphatic rings. The Bertz CT molecular complexity index is 328. The molecule has 16 heavy (non-hydrogen) atoms. The first-order chi connectivity index (χ1) is 7.64. The van der Waals surface area contributed by atoms with Gasteiger partial charge >= 0.3 is 0 Å². The molecule has 1 aromatic carbocycles. The highest BCUT2D eigenvalue weighted by Crippen LogP contribution is 2.14. The highest BCUT2D eigenvalue weighted by molar-refractivity contribution is 6.02. The van der Waals surface area contributed by atoms with Crippen molar-refractivity contribution < 1.29 is 19.4 Å². The van der Waals surface area contributed by atoms with Gasteiger partial charge in [0.1, 0.15) is 0 Å². The van der Waals surface area contributed by atoms with Crippen molar-refractivity contribution in [2.75, 3.05) is 27.4 Å². The van der Waals surface area contributed by atoms with E-state index in [1.54, 1.807) is 24.3 Å². The van der Waals surface area contributed by atoms with E-state index in [9.17, 15) is 9.90 Å². The lowest BCUT2D eigenvalue weighted by Crippen LogP contribution is -2.47. The monoisotopic (exact) mass is 224 g/mol. The molecule has 0 aromatic heterocycles. The van der Waals surface area contributed by atoms with Crippen molar-refractivity contribution in [1.29, 1.82) is 0 Å². The number of hydrogen-bond acceptors (Lipinski definition) is 4. The van der Waals surface area contributed by atoms with Crippen LogP contribution in [0.4, 0.5) is 0 Å². The number of hydrogen-bond donors (Lipinski definition) is 1. The summed E-state index contributed by atoms with van der Waals surface area (Å²) in [6.07, 6.45) is 0. The quantitative estimate of drug-likeness (QED) is 0.729. The smallest absolute Gasteiger partial charge is 0.199 e. The molecule has 0 saturated carbocycles. The number of aliphatic hydroxyl groups is 1. The fourth-order valence-electron chi connectivity index (χ4n) is 1.51. The van der Waals surface area contributed by atoms with Crippen LogP contribution in [-0.2, 0) is 9.47 Å². The number of Topliss-reactive ketones (excluding diaryl/α,β-unsaturated/α-hetero) is 1. The van der Waals surface area contributed by atoms with E-state index in [4.69, 9.17) is 9.47 Å². The molecule has 0 spiro atoms. The average Bonchev–Trinajstić information content (AvgIpc) is 2.30. The highest BCUT2D eigenvalue weighted by atomic mass is 16.5. The molecule has 88 valence electrons. The van der Waals surface area contributed by atoms with Crippen LogP contribution in [0.25, 0.3) is 0 Å². The van der Waals surface area contributed by atoms with E-state index in [-0.39, 0.29) is 13.2 Å². The second-order valence-corrected chi connectivity index (χ2v) is 3.59. The SMILES string of the molecule is COCC(O)(COC)C(=O)c1ccccc1. The standard InChI is InChI=1S/C12H16O4/c1-15-8-12(14,9-16-2)11(13)10-6-4-3-5-7-10/h3-7,14H,8-9H2,1-2H3. The maximum atomic E-state index is 12.0. The Labute approximate surface area is 94.8 Å². The minimum absolute atomic E-state index is 0.0887. The van der Waals surface area contributed by atoms with E-state index >= 15 is 0 Å². The summed E-state index contributed by atoms with van der Waals surface area (Å²) in [5.41, 5.74) is -1.18. The molecule has 4 nitrogen and oxygen atoms in total. The highest BCUT2D eigenvalue weighted by Gasteiger charge is 2.36. The van der Waals surface area contributed by atoms with Gasteiger partial charge in [-0.3, -0.25) is 4.79 Å². The molecule has 0 bridgehead atoms. The van der Waals surface area contributed by atoms with Crippen LogP contribution in [-0.4, -0.2) is 43.9 Å². The van der Waals surface area contributed by atoms with Crippen LogP contribution in [0.3, 0.4) is 0 Å². The Kier molecular flexibility index (Phi) is 4.61. The Hall–Kier alpha value is -1.23. The van der Waals surface area contributed by atoms with E-state index in [2.05, 4.69) is 0 Å². The van der Waals surface area contributed by atoms with Crippen molar-refractivity contribution in [3.63, 3.8) is 0 Å². The summed E-state index contributed by atoms with van der Waals surface area (Å²) in [6.45, 7) is -0.177. The zero-order valence-corrected chi connectivity index (χ0v) is 9.47. The van der Waals surface area contributed by atoms with Gasteiger partial charge in [-0.1, -0.05) is 30.3 Å². The molecule has 0 radical (unpaired) electrons. The molecule has 0 aliphatic carbocycles. The average molecular weight is 224 g/mol. The normalized spacial score (nSPS) is 11.4. The van der Waals surface area contributed by atoms with Gasteiger partial charge in [-0.15, -0.1) is 0 Å². The molecule has 0 amide bonds. The van der Waals surface area contributed by atoms with Gasteiger partial charge in [-0.25, -0.2) is 0 Å². The van der Waals surface area contributed by atoms with E-state index in [0.29, 0.717) is 5.56 Å².